The number of hydrogen-bond acceptors (Lipinski definition) is 6. The second kappa shape index (κ2) is 4.92. The van der Waals surface area contributed by atoms with Gasteiger partial charge >= 0.3 is 6.09 Å². The van der Waals surface area contributed by atoms with Crippen LogP contribution in [-0.2, 0) is 4.74 Å². The maximum absolute atomic E-state index is 12.0. The Morgan fingerprint density at radius 1 is 1.18 bits per heavy atom. The quantitative estimate of drug-likeness (QED) is 0.624. The SMILES string of the molecule is COC(=O)N1C=CC2C(C)=CC1C(C#N)(C#N)C2(C#N)C#N. The third-order valence-corrected chi connectivity index (χ3v) is 4.27. The van der Waals surface area contributed by atoms with E-state index in [1.807, 2.05) is 24.3 Å². The molecule has 2 aliphatic heterocycles. The Balaban J connectivity index is 2.86. The third-order valence-electron chi connectivity index (χ3n) is 4.27. The predicted molar refractivity (Wildman–Crippen MR) is 71.7 cm³/mol. The minimum Gasteiger partial charge on any atom is -0.452 e. The lowest BCUT2D eigenvalue weighted by Gasteiger charge is -2.44. The molecule has 108 valence electrons. The number of carbonyl (C=O) groups is 1. The summed E-state index contributed by atoms with van der Waals surface area (Å²) in [6, 6.07) is 6.29. The van der Waals surface area contributed by atoms with Gasteiger partial charge in [0.2, 0.25) is 0 Å². The molecular formula is C15H11N5O2. The van der Waals surface area contributed by atoms with Crippen molar-refractivity contribution in [2.45, 2.75) is 13.0 Å². The second-order valence-electron chi connectivity index (χ2n) is 5.12. The van der Waals surface area contributed by atoms with Crippen molar-refractivity contribution in [3.63, 3.8) is 0 Å². The maximum Gasteiger partial charge on any atom is 0.414 e. The van der Waals surface area contributed by atoms with Crippen LogP contribution in [0.2, 0.25) is 0 Å². The molecule has 7 heteroatoms. The van der Waals surface area contributed by atoms with Gasteiger partial charge in [0.1, 0.15) is 0 Å². The van der Waals surface area contributed by atoms with Crippen molar-refractivity contribution in [2.24, 2.45) is 16.7 Å². The van der Waals surface area contributed by atoms with Crippen LogP contribution in [-0.4, -0.2) is 24.1 Å². The van der Waals surface area contributed by atoms with E-state index in [-0.39, 0.29) is 0 Å². The molecule has 2 heterocycles. The Hall–Kier alpha value is -3.29. The molecule has 0 N–H and O–H groups in total. The van der Waals surface area contributed by atoms with Crippen LogP contribution >= 0.6 is 0 Å². The molecule has 1 aliphatic carbocycles. The monoisotopic (exact) mass is 293 g/mol. The highest BCUT2D eigenvalue weighted by Crippen LogP contribution is 2.56. The van der Waals surface area contributed by atoms with Gasteiger partial charge < -0.3 is 4.74 Å². The minimum absolute atomic E-state index is 0.650. The fraction of sp³-hybridized carbons (Fsp3) is 0.400. The van der Waals surface area contributed by atoms with Crippen LogP contribution in [0, 0.1) is 62.1 Å². The molecule has 0 aromatic carbocycles. The molecular weight excluding hydrogens is 282 g/mol. The van der Waals surface area contributed by atoms with E-state index in [1.54, 1.807) is 13.0 Å². The molecule has 1 amide bonds. The maximum atomic E-state index is 12.0. The summed E-state index contributed by atoms with van der Waals surface area (Å²) in [6.45, 7) is 1.70. The Morgan fingerprint density at radius 3 is 2.18 bits per heavy atom. The topological polar surface area (TPSA) is 125 Å². The van der Waals surface area contributed by atoms with Crippen LogP contribution in [0.4, 0.5) is 4.79 Å². The molecule has 0 aromatic heterocycles. The van der Waals surface area contributed by atoms with Crippen LogP contribution < -0.4 is 0 Å². The lowest BCUT2D eigenvalue weighted by molar-refractivity contribution is 0.0987. The molecule has 3 aliphatic rings. The first kappa shape index (κ1) is 15.1. The fourth-order valence-electron chi connectivity index (χ4n) is 3.11. The van der Waals surface area contributed by atoms with Crippen LogP contribution in [0.3, 0.4) is 0 Å². The summed E-state index contributed by atoms with van der Waals surface area (Å²) in [5, 5.41) is 38.5. The van der Waals surface area contributed by atoms with E-state index >= 15 is 0 Å². The molecule has 0 saturated heterocycles. The van der Waals surface area contributed by atoms with E-state index in [1.165, 1.54) is 19.4 Å². The van der Waals surface area contributed by atoms with Gasteiger partial charge in [-0.3, -0.25) is 4.90 Å². The van der Waals surface area contributed by atoms with Crippen LogP contribution in [0.25, 0.3) is 0 Å². The van der Waals surface area contributed by atoms with Gasteiger partial charge in [-0.2, -0.15) is 21.0 Å². The van der Waals surface area contributed by atoms with Gasteiger partial charge in [0.25, 0.3) is 0 Å². The van der Waals surface area contributed by atoms with E-state index < -0.39 is 28.9 Å². The average molecular weight is 293 g/mol. The van der Waals surface area contributed by atoms with Gasteiger partial charge in [-0.15, -0.1) is 0 Å². The summed E-state index contributed by atoms with van der Waals surface area (Å²) in [5.74, 6) is -0.757. The Labute approximate surface area is 127 Å². The summed E-state index contributed by atoms with van der Waals surface area (Å²) in [4.78, 5) is 13.0. The molecule has 0 radical (unpaired) electrons. The van der Waals surface area contributed by atoms with Gasteiger partial charge in [-0.05, 0) is 6.92 Å². The lowest BCUT2D eigenvalue weighted by atomic mass is 9.52. The molecule has 7 nitrogen and oxygen atoms in total. The molecule has 0 spiro atoms. The van der Waals surface area contributed by atoms with Crippen molar-refractivity contribution >= 4 is 6.09 Å². The standard InChI is InChI=1S/C15H11N5O2/c1-10-5-12-15(8-18,9-19)14(6-16,7-17)11(10)3-4-20(12)13(21)22-2/h3-5,11-12H,1-2H3. The summed E-state index contributed by atoms with van der Waals surface area (Å²) in [6.07, 6.45) is 3.66. The highest BCUT2D eigenvalue weighted by Gasteiger charge is 2.67. The molecule has 0 fully saturated rings. The molecule has 22 heavy (non-hydrogen) atoms. The van der Waals surface area contributed by atoms with E-state index in [0.717, 1.165) is 4.90 Å². The number of nitrogens with zero attached hydrogens (tertiary/aromatic N) is 5. The predicted octanol–water partition coefficient (Wildman–Crippen LogP) is 1.59. The number of carbonyl (C=O) groups excluding carboxylic acids is 1. The van der Waals surface area contributed by atoms with E-state index in [9.17, 15) is 25.8 Å². The van der Waals surface area contributed by atoms with Gasteiger partial charge in [0, 0.05) is 12.1 Å². The fourth-order valence-corrected chi connectivity index (χ4v) is 3.11. The van der Waals surface area contributed by atoms with Crippen LogP contribution in [0.5, 0.6) is 0 Å². The first-order chi connectivity index (χ1) is 10.5. The summed E-state index contributed by atoms with van der Waals surface area (Å²) < 4.78 is 4.67. The number of fused-ring (bicyclic) bond motifs is 2. The van der Waals surface area contributed by atoms with Gasteiger partial charge in [0.15, 0.2) is 10.8 Å². The van der Waals surface area contributed by atoms with Gasteiger partial charge in [-0.1, -0.05) is 17.7 Å². The first-order valence-electron chi connectivity index (χ1n) is 6.36. The van der Waals surface area contributed by atoms with Gasteiger partial charge in [-0.25, -0.2) is 4.79 Å². The average Bonchev–Trinajstić information content (AvgIpc) is 2.79. The summed E-state index contributed by atoms with van der Waals surface area (Å²) in [7, 11) is 1.17. The van der Waals surface area contributed by atoms with Crippen molar-refractivity contribution in [3.05, 3.63) is 23.9 Å². The zero-order valence-electron chi connectivity index (χ0n) is 11.9. The molecule has 2 unspecified atom stereocenters. The number of hydrogen-bond donors (Lipinski definition) is 0. The molecule has 0 saturated carbocycles. The number of nitriles is 4. The third kappa shape index (κ3) is 1.48. The number of methoxy groups -OCH3 is 1. The van der Waals surface area contributed by atoms with Crippen molar-refractivity contribution in [3.8, 4) is 24.3 Å². The van der Waals surface area contributed by atoms with Gasteiger partial charge in [0.05, 0.1) is 37.4 Å². The molecule has 2 atom stereocenters. The Kier molecular flexibility index (Phi) is 3.38. The summed E-state index contributed by atoms with van der Waals surface area (Å²) in [5.41, 5.74) is -3.27. The lowest BCUT2D eigenvalue weighted by Crippen LogP contribution is -2.57. The van der Waals surface area contributed by atoms with Crippen LogP contribution in [0.1, 0.15) is 6.92 Å². The molecule has 2 bridgehead atoms. The first-order valence-corrected chi connectivity index (χ1v) is 6.36. The summed E-state index contributed by atoms with van der Waals surface area (Å²) >= 11 is 0. The smallest absolute Gasteiger partial charge is 0.414 e. The highest BCUT2D eigenvalue weighted by atomic mass is 16.5. The Bertz CT molecular complexity index is 725. The van der Waals surface area contributed by atoms with Crippen LogP contribution in [0.15, 0.2) is 23.9 Å². The minimum atomic E-state index is -2.02. The molecule has 0 aromatic rings. The highest BCUT2D eigenvalue weighted by molar-refractivity contribution is 5.71. The number of ether oxygens (including phenoxy) is 1. The van der Waals surface area contributed by atoms with Crippen molar-refractivity contribution in [1.82, 2.24) is 4.90 Å². The zero-order valence-corrected chi connectivity index (χ0v) is 11.9. The van der Waals surface area contributed by atoms with Crippen molar-refractivity contribution < 1.29 is 9.53 Å². The van der Waals surface area contributed by atoms with E-state index in [4.69, 9.17) is 0 Å². The number of allylic oxidation sites excluding steroid dienone is 2. The van der Waals surface area contributed by atoms with E-state index in [2.05, 4.69) is 4.74 Å². The van der Waals surface area contributed by atoms with Crippen molar-refractivity contribution in [2.75, 3.05) is 7.11 Å². The normalized spacial score (nSPS) is 26.5. The van der Waals surface area contributed by atoms with E-state index in [0.29, 0.717) is 5.57 Å². The largest absolute Gasteiger partial charge is 0.452 e. The molecule has 3 rings (SSSR count). The number of rotatable bonds is 0. The van der Waals surface area contributed by atoms with Crippen molar-refractivity contribution in [1.29, 1.82) is 21.0 Å². The number of amides is 1. The zero-order chi connectivity index (χ0) is 16.5. The Morgan fingerprint density at radius 2 is 1.73 bits per heavy atom. The second-order valence-corrected chi connectivity index (χ2v) is 5.12.